The van der Waals surface area contributed by atoms with Gasteiger partial charge in [0.15, 0.2) is 11.5 Å². The van der Waals surface area contributed by atoms with E-state index in [4.69, 9.17) is 4.74 Å². The van der Waals surface area contributed by atoms with E-state index in [2.05, 4.69) is 25.0 Å². The molecule has 0 fully saturated rings. The number of hydrogen-bond acceptors (Lipinski definition) is 9. The second kappa shape index (κ2) is 10.2. The Balaban J connectivity index is 1.81. The summed E-state index contributed by atoms with van der Waals surface area (Å²) in [6.07, 6.45) is 1.61. The highest BCUT2D eigenvalue weighted by atomic mass is 32.2. The van der Waals surface area contributed by atoms with Crippen molar-refractivity contribution in [1.29, 1.82) is 0 Å². The quantitative estimate of drug-likeness (QED) is 0.332. The van der Waals surface area contributed by atoms with Crippen molar-refractivity contribution in [3.05, 3.63) is 45.1 Å². The van der Waals surface area contributed by atoms with Crippen molar-refractivity contribution in [3.63, 3.8) is 0 Å². The van der Waals surface area contributed by atoms with Crippen molar-refractivity contribution in [2.45, 2.75) is 38.2 Å². The number of aliphatic hydroxyl groups excluding tert-OH is 1. The minimum absolute atomic E-state index is 0.0606. The monoisotopic (exact) mass is 467 g/mol. The van der Waals surface area contributed by atoms with E-state index in [9.17, 15) is 18.3 Å². The first-order chi connectivity index (χ1) is 14.8. The molecule has 3 aromatic rings. The molecule has 0 amide bonds. The lowest BCUT2D eigenvalue weighted by atomic mass is 10.1. The maximum absolute atomic E-state index is 11.8. The number of aromatic nitrogens is 3. The zero-order valence-corrected chi connectivity index (χ0v) is 18.8. The fourth-order valence-electron chi connectivity index (χ4n) is 2.99. The van der Waals surface area contributed by atoms with Crippen molar-refractivity contribution in [2.24, 2.45) is 0 Å². The number of benzene rings is 1. The molecule has 12 heteroatoms. The van der Waals surface area contributed by atoms with Crippen LogP contribution in [0.2, 0.25) is 0 Å². The van der Waals surface area contributed by atoms with Crippen LogP contribution in [-0.4, -0.2) is 48.2 Å². The van der Waals surface area contributed by atoms with Crippen LogP contribution in [0.5, 0.6) is 6.01 Å². The van der Waals surface area contributed by atoms with Crippen molar-refractivity contribution >= 4 is 37.5 Å². The number of sulfonamides is 1. The van der Waals surface area contributed by atoms with Gasteiger partial charge in [-0.3, -0.25) is 9.78 Å². The first kappa shape index (κ1) is 23.1. The molecule has 0 bridgehead atoms. The number of aromatic amines is 1. The summed E-state index contributed by atoms with van der Waals surface area (Å²) in [6.45, 7) is 2.06. The molecule has 2 heterocycles. The third kappa shape index (κ3) is 6.23. The summed E-state index contributed by atoms with van der Waals surface area (Å²) in [7, 11) is -2.01. The molecule has 2 aromatic heterocycles. The standard InChI is InChI=1S/C19H25N5O5S2/c1-3-5-14(9-25)21-16-15-17(24-19(26)30-15)23-18(22-16)29-10-12-6-4-7-13(8-12)11-31(27,28)20-2/h4,6-8,14,20,25H,3,5,9-11H2,1-2H3,(H2,21,22,23,24,26)/t14-/m1/s1. The molecule has 0 aliphatic rings. The molecule has 0 spiro atoms. The normalized spacial score (nSPS) is 12.7. The Labute approximate surface area is 183 Å². The summed E-state index contributed by atoms with van der Waals surface area (Å²) in [4.78, 5) is 22.8. The van der Waals surface area contributed by atoms with Crippen LogP contribution in [0.4, 0.5) is 5.82 Å². The molecule has 10 nitrogen and oxygen atoms in total. The number of fused-ring (bicyclic) bond motifs is 1. The van der Waals surface area contributed by atoms with Crippen LogP contribution in [0, 0.1) is 0 Å². The summed E-state index contributed by atoms with van der Waals surface area (Å²) in [5.41, 5.74) is 1.73. The van der Waals surface area contributed by atoms with Gasteiger partial charge in [0.25, 0.3) is 0 Å². The van der Waals surface area contributed by atoms with Gasteiger partial charge in [-0.25, -0.2) is 13.1 Å². The Morgan fingerprint density at radius 2 is 2.06 bits per heavy atom. The molecule has 4 N–H and O–H groups in total. The van der Waals surface area contributed by atoms with Crippen LogP contribution >= 0.6 is 11.3 Å². The lowest BCUT2D eigenvalue weighted by Gasteiger charge is -2.16. The number of H-pyrrole nitrogens is 1. The molecule has 1 atom stereocenters. The van der Waals surface area contributed by atoms with Crippen LogP contribution in [0.25, 0.3) is 10.3 Å². The smallest absolute Gasteiger partial charge is 0.320 e. The molecule has 0 aliphatic carbocycles. The van der Waals surface area contributed by atoms with Gasteiger partial charge in [-0.15, -0.1) is 0 Å². The second-order valence-corrected chi connectivity index (χ2v) is 9.84. The van der Waals surface area contributed by atoms with E-state index in [1.165, 1.54) is 7.05 Å². The number of nitrogens with zero attached hydrogens (tertiary/aromatic N) is 2. The highest BCUT2D eigenvalue weighted by Gasteiger charge is 2.16. The Morgan fingerprint density at radius 3 is 2.77 bits per heavy atom. The molecule has 0 aliphatic heterocycles. The summed E-state index contributed by atoms with van der Waals surface area (Å²) in [5.74, 6) is 0.286. The molecule has 0 saturated heterocycles. The van der Waals surface area contributed by atoms with Crippen LogP contribution < -0.4 is 19.6 Å². The number of aliphatic hydroxyl groups is 1. The molecule has 31 heavy (non-hydrogen) atoms. The number of rotatable bonds is 11. The predicted molar refractivity (Wildman–Crippen MR) is 120 cm³/mol. The molecule has 1 aromatic carbocycles. The molecule has 0 radical (unpaired) electrons. The highest BCUT2D eigenvalue weighted by molar-refractivity contribution is 7.88. The lowest BCUT2D eigenvalue weighted by Crippen LogP contribution is -2.24. The van der Waals surface area contributed by atoms with Gasteiger partial charge < -0.3 is 15.2 Å². The van der Waals surface area contributed by atoms with Gasteiger partial charge in [0.1, 0.15) is 11.3 Å². The third-order valence-electron chi connectivity index (χ3n) is 4.49. The number of hydrogen-bond donors (Lipinski definition) is 4. The number of nitrogens with one attached hydrogen (secondary N) is 3. The molecular weight excluding hydrogens is 442 g/mol. The van der Waals surface area contributed by atoms with Crippen LogP contribution in [-0.2, 0) is 22.4 Å². The second-order valence-electron chi connectivity index (χ2n) is 6.93. The summed E-state index contributed by atoms with van der Waals surface area (Å²) >= 11 is 0.983. The number of thiazole rings is 1. The zero-order valence-electron chi connectivity index (χ0n) is 17.2. The fraction of sp³-hybridized carbons (Fsp3) is 0.421. The highest BCUT2D eigenvalue weighted by Crippen LogP contribution is 2.25. The maximum atomic E-state index is 11.8. The van der Waals surface area contributed by atoms with Gasteiger partial charge in [0.2, 0.25) is 10.0 Å². The van der Waals surface area contributed by atoms with Crippen LogP contribution in [0.1, 0.15) is 30.9 Å². The average molecular weight is 468 g/mol. The van der Waals surface area contributed by atoms with E-state index in [1.807, 2.05) is 13.0 Å². The Kier molecular flexibility index (Phi) is 7.59. The molecular formula is C19H25N5O5S2. The number of ether oxygens (including phenoxy) is 1. The van der Waals surface area contributed by atoms with Gasteiger partial charge >= 0.3 is 10.9 Å². The van der Waals surface area contributed by atoms with Crippen molar-refractivity contribution in [1.82, 2.24) is 19.7 Å². The molecule has 0 unspecified atom stereocenters. The van der Waals surface area contributed by atoms with Gasteiger partial charge in [-0.2, -0.15) is 9.97 Å². The first-order valence-electron chi connectivity index (χ1n) is 9.73. The largest absolute Gasteiger partial charge is 0.458 e. The van der Waals surface area contributed by atoms with Crippen LogP contribution in [0.3, 0.4) is 0 Å². The summed E-state index contributed by atoms with van der Waals surface area (Å²) in [6, 6.07) is 6.87. The van der Waals surface area contributed by atoms with E-state index in [1.54, 1.807) is 18.2 Å². The number of anilines is 1. The van der Waals surface area contributed by atoms with Crippen LogP contribution in [0.15, 0.2) is 29.1 Å². The topological polar surface area (TPSA) is 146 Å². The minimum atomic E-state index is -3.38. The lowest BCUT2D eigenvalue weighted by molar-refractivity contribution is 0.267. The fourth-order valence-corrected chi connectivity index (χ4v) is 4.48. The zero-order chi connectivity index (χ0) is 22.4. The van der Waals surface area contributed by atoms with E-state index in [0.717, 1.165) is 29.7 Å². The summed E-state index contributed by atoms with van der Waals surface area (Å²) in [5, 5.41) is 12.8. The van der Waals surface area contributed by atoms with E-state index in [0.29, 0.717) is 21.7 Å². The molecule has 0 saturated carbocycles. The van der Waals surface area contributed by atoms with E-state index in [-0.39, 0.29) is 35.9 Å². The minimum Gasteiger partial charge on any atom is -0.458 e. The van der Waals surface area contributed by atoms with Gasteiger partial charge in [-0.1, -0.05) is 48.9 Å². The van der Waals surface area contributed by atoms with Crippen molar-refractivity contribution in [3.8, 4) is 6.01 Å². The predicted octanol–water partition coefficient (Wildman–Crippen LogP) is 1.58. The Hall–Kier alpha value is -2.54. The van der Waals surface area contributed by atoms with E-state index < -0.39 is 10.0 Å². The Bertz CT molecular complexity index is 1190. The van der Waals surface area contributed by atoms with Gasteiger partial charge in [0.05, 0.1) is 18.4 Å². The molecule has 3 rings (SSSR count). The van der Waals surface area contributed by atoms with Gasteiger partial charge in [-0.05, 0) is 24.6 Å². The molecule has 168 valence electrons. The first-order valence-corrected chi connectivity index (χ1v) is 12.2. The maximum Gasteiger partial charge on any atom is 0.320 e. The van der Waals surface area contributed by atoms with Crippen molar-refractivity contribution in [2.75, 3.05) is 19.0 Å². The van der Waals surface area contributed by atoms with Crippen molar-refractivity contribution < 1.29 is 18.3 Å². The average Bonchev–Trinajstić information content (AvgIpc) is 3.12. The summed E-state index contributed by atoms with van der Waals surface area (Å²) < 4.78 is 32.1. The van der Waals surface area contributed by atoms with E-state index >= 15 is 0 Å². The SMILES string of the molecule is CCC[C@H](CO)Nc1nc(OCc2cccc(CS(=O)(=O)NC)c2)nc2[nH]c(=O)sc12. The van der Waals surface area contributed by atoms with Gasteiger partial charge in [0, 0.05) is 0 Å². The Morgan fingerprint density at radius 1 is 1.29 bits per heavy atom. The third-order valence-corrected chi connectivity index (χ3v) is 6.70.